The van der Waals surface area contributed by atoms with Crippen LogP contribution in [0.3, 0.4) is 0 Å². The second kappa shape index (κ2) is 14.3. The van der Waals surface area contributed by atoms with Crippen molar-refractivity contribution >= 4 is 11.9 Å². The number of nitrogens with zero attached hydrogens (tertiary/aromatic N) is 4. The van der Waals surface area contributed by atoms with E-state index in [1.807, 2.05) is 12.4 Å². The Labute approximate surface area is 221 Å². The first-order valence-electron chi connectivity index (χ1n) is 12.3. The van der Waals surface area contributed by atoms with E-state index in [0.29, 0.717) is 5.41 Å². The number of likely N-dealkylation sites (tertiary alicyclic amines) is 1. The predicted molar refractivity (Wildman–Crippen MR) is 124 cm³/mol. The van der Waals surface area contributed by atoms with Crippen molar-refractivity contribution in [3.63, 3.8) is 0 Å². The Morgan fingerprint density at radius 3 is 2.05 bits per heavy atom. The molecule has 3 aliphatic heterocycles. The third-order valence-electron chi connectivity index (χ3n) is 6.66. The van der Waals surface area contributed by atoms with Crippen molar-refractivity contribution in [2.75, 3.05) is 59.2 Å². The Kier molecular flexibility index (Phi) is 12.0. The van der Waals surface area contributed by atoms with Crippen LogP contribution in [0.5, 0.6) is 0 Å². The Bertz CT molecular complexity index is 898. The second-order valence-electron chi connectivity index (χ2n) is 9.86. The average molecular weight is 577 g/mol. The van der Waals surface area contributed by atoms with Crippen LogP contribution in [0, 0.1) is 11.3 Å². The zero-order valence-electron chi connectivity index (χ0n) is 21.5. The molecule has 0 radical (unpaired) electrons. The number of aryl methyl sites for hydroxylation is 1. The van der Waals surface area contributed by atoms with E-state index in [1.54, 1.807) is 0 Å². The van der Waals surface area contributed by atoms with Gasteiger partial charge in [0.05, 0.1) is 19.8 Å². The molecule has 39 heavy (non-hydrogen) atoms. The molecule has 0 aliphatic carbocycles. The van der Waals surface area contributed by atoms with Gasteiger partial charge in [0.2, 0.25) is 0 Å². The molecule has 1 aromatic heterocycles. The highest BCUT2D eigenvalue weighted by Crippen LogP contribution is 2.34. The van der Waals surface area contributed by atoms with Gasteiger partial charge in [-0.15, -0.1) is 0 Å². The van der Waals surface area contributed by atoms with Crippen LogP contribution in [0.2, 0.25) is 0 Å². The number of hydrogen-bond acceptors (Lipinski definition) is 7. The number of aliphatic carboxylic acids is 2. The molecular formula is C23H34F6N4O6. The van der Waals surface area contributed by atoms with Gasteiger partial charge in [-0.2, -0.15) is 26.3 Å². The van der Waals surface area contributed by atoms with Crippen molar-refractivity contribution in [2.24, 2.45) is 18.4 Å². The molecule has 4 rings (SSSR count). The minimum atomic E-state index is -5.08. The van der Waals surface area contributed by atoms with Crippen LogP contribution in [0.4, 0.5) is 26.3 Å². The van der Waals surface area contributed by atoms with Crippen molar-refractivity contribution in [1.82, 2.24) is 19.4 Å². The Morgan fingerprint density at radius 1 is 0.974 bits per heavy atom. The molecule has 3 saturated heterocycles. The number of imidazole rings is 1. The van der Waals surface area contributed by atoms with E-state index in [4.69, 9.17) is 29.3 Å². The first-order chi connectivity index (χ1) is 18.1. The monoisotopic (exact) mass is 576 g/mol. The van der Waals surface area contributed by atoms with Gasteiger partial charge in [0, 0.05) is 64.2 Å². The summed E-state index contributed by atoms with van der Waals surface area (Å²) in [6.45, 7) is 10.4. The number of carboxylic acid groups (broad SMARTS) is 2. The summed E-state index contributed by atoms with van der Waals surface area (Å²) >= 11 is 0. The van der Waals surface area contributed by atoms with E-state index in [2.05, 4.69) is 26.4 Å². The van der Waals surface area contributed by atoms with E-state index in [9.17, 15) is 26.3 Å². The summed E-state index contributed by atoms with van der Waals surface area (Å²) in [6, 6.07) is 0. The third-order valence-corrected chi connectivity index (χ3v) is 6.66. The van der Waals surface area contributed by atoms with Gasteiger partial charge in [-0.05, 0) is 31.7 Å². The molecule has 4 heterocycles. The van der Waals surface area contributed by atoms with E-state index in [-0.39, 0.29) is 0 Å². The summed E-state index contributed by atoms with van der Waals surface area (Å²) in [6.07, 6.45) is -2.57. The Hall–Kier alpha value is -2.43. The van der Waals surface area contributed by atoms with Gasteiger partial charge in [0.25, 0.3) is 0 Å². The molecule has 1 unspecified atom stereocenters. The van der Waals surface area contributed by atoms with Crippen molar-refractivity contribution in [3.05, 3.63) is 18.2 Å². The highest BCUT2D eigenvalue weighted by molar-refractivity contribution is 5.73. The molecule has 224 valence electrons. The van der Waals surface area contributed by atoms with E-state index < -0.39 is 24.3 Å². The number of alkyl halides is 6. The Morgan fingerprint density at radius 2 is 1.54 bits per heavy atom. The standard InChI is InChI=1S/C19H32N4O2.2C2HF3O2/c1-21-7-5-20-18(21)13-22-6-4-19(14-22)15-23(8-11-25-16-19)12-17-2-9-24-10-3-17;2*3-2(4,5)1(6)7/h5,7,17H,2-4,6,8-16H2,1H3;2*(H,6,7). The average Bonchev–Trinajstić information content (AvgIpc) is 3.36. The van der Waals surface area contributed by atoms with Crippen molar-refractivity contribution in [1.29, 1.82) is 0 Å². The first-order valence-corrected chi connectivity index (χ1v) is 12.3. The molecule has 0 amide bonds. The summed E-state index contributed by atoms with van der Waals surface area (Å²) in [5, 5.41) is 14.2. The lowest BCUT2D eigenvalue weighted by Crippen LogP contribution is -2.43. The van der Waals surface area contributed by atoms with Crippen molar-refractivity contribution < 1.29 is 55.6 Å². The molecular weight excluding hydrogens is 542 g/mol. The van der Waals surface area contributed by atoms with Crippen LogP contribution in [0.1, 0.15) is 25.1 Å². The van der Waals surface area contributed by atoms with Crippen molar-refractivity contribution in [2.45, 2.75) is 38.2 Å². The second-order valence-corrected chi connectivity index (χ2v) is 9.86. The molecule has 1 spiro atoms. The lowest BCUT2D eigenvalue weighted by atomic mass is 9.87. The van der Waals surface area contributed by atoms with Gasteiger partial charge < -0.3 is 29.2 Å². The fourth-order valence-electron chi connectivity index (χ4n) is 4.69. The van der Waals surface area contributed by atoms with E-state index in [1.165, 1.54) is 32.4 Å². The molecule has 16 heteroatoms. The molecule has 1 atom stereocenters. The minimum absolute atomic E-state index is 0.298. The number of carbonyl (C=O) groups is 2. The summed E-state index contributed by atoms with van der Waals surface area (Å²) < 4.78 is 77.2. The molecule has 10 nitrogen and oxygen atoms in total. The van der Waals surface area contributed by atoms with Gasteiger partial charge >= 0.3 is 24.3 Å². The summed E-state index contributed by atoms with van der Waals surface area (Å²) in [5.74, 6) is -3.56. The summed E-state index contributed by atoms with van der Waals surface area (Å²) in [4.78, 5) is 27.5. The van der Waals surface area contributed by atoms with Crippen LogP contribution in [0.15, 0.2) is 12.4 Å². The van der Waals surface area contributed by atoms with Gasteiger partial charge in [0.1, 0.15) is 5.82 Å². The quantitative estimate of drug-likeness (QED) is 0.522. The molecule has 3 aliphatic rings. The maximum atomic E-state index is 10.6. The number of halogens is 6. The number of aromatic nitrogens is 2. The minimum Gasteiger partial charge on any atom is -0.475 e. The zero-order chi connectivity index (χ0) is 29.3. The summed E-state index contributed by atoms with van der Waals surface area (Å²) in [7, 11) is 2.08. The molecule has 0 aromatic carbocycles. The number of carboxylic acids is 2. The van der Waals surface area contributed by atoms with Crippen molar-refractivity contribution in [3.8, 4) is 0 Å². The third kappa shape index (κ3) is 11.3. The zero-order valence-corrected chi connectivity index (χ0v) is 21.5. The van der Waals surface area contributed by atoms with Crippen LogP contribution < -0.4 is 0 Å². The Balaban J connectivity index is 0.000000317. The van der Waals surface area contributed by atoms with Crippen LogP contribution in [-0.4, -0.2) is 113 Å². The topological polar surface area (TPSA) is 117 Å². The molecule has 0 bridgehead atoms. The van der Waals surface area contributed by atoms with E-state index >= 15 is 0 Å². The number of hydrogen-bond donors (Lipinski definition) is 2. The van der Waals surface area contributed by atoms with Gasteiger partial charge in [-0.3, -0.25) is 4.90 Å². The smallest absolute Gasteiger partial charge is 0.475 e. The van der Waals surface area contributed by atoms with Gasteiger partial charge in [-0.1, -0.05) is 0 Å². The van der Waals surface area contributed by atoms with Crippen LogP contribution in [-0.2, 0) is 32.7 Å². The highest BCUT2D eigenvalue weighted by atomic mass is 19.4. The van der Waals surface area contributed by atoms with E-state index in [0.717, 1.165) is 64.3 Å². The fraction of sp³-hybridized carbons (Fsp3) is 0.783. The molecule has 0 saturated carbocycles. The predicted octanol–water partition coefficient (Wildman–Crippen LogP) is 2.64. The van der Waals surface area contributed by atoms with Gasteiger partial charge in [0.15, 0.2) is 0 Å². The van der Waals surface area contributed by atoms with Gasteiger partial charge in [-0.25, -0.2) is 14.6 Å². The lowest BCUT2D eigenvalue weighted by molar-refractivity contribution is -0.193. The molecule has 1 aromatic rings. The normalized spacial score (nSPS) is 23.4. The maximum absolute atomic E-state index is 10.6. The number of ether oxygens (including phenoxy) is 2. The molecule has 3 fully saturated rings. The highest BCUT2D eigenvalue weighted by Gasteiger charge is 2.42. The maximum Gasteiger partial charge on any atom is 0.490 e. The largest absolute Gasteiger partial charge is 0.490 e. The van der Waals surface area contributed by atoms with Crippen LogP contribution in [0.25, 0.3) is 0 Å². The molecule has 2 N–H and O–H groups in total. The first kappa shape index (κ1) is 32.8. The number of rotatable bonds is 4. The van der Waals surface area contributed by atoms with Crippen LogP contribution >= 0.6 is 0 Å². The fourth-order valence-corrected chi connectivity index (χ4v) is 4.69. The lowest BCUT2D eigenvalue weighted by Gasteiger charge is -2.34. The summed E-state index contributed by atoms with van der Waals surface area (Å²) in [5.41, 5.74) is 0.298. The SMILES string of the molecule is Cn1ccnc1CN1CCC2(COCCN(CC3CCOCC3)C2)C1.O=C(O)C(F)(F)F.O=C(O)C(F)(F)F.